The number of hydrogen-bond donors (Lipinski definition) is 0. The Labute approximate surface area is 179 Å². The van der Waals surface area contributed by atoms with Gasteiger partial charge in [-0.2, -0.15) is 0 Å². The molecule has 2 aromatic rings. The number of pyridine rings is 1. The van der Waals surface area contributed by atoms with Crippen LogP contribution in [0.2, 0.25) is 0 Å². The van der Waals surface area contributed by atoms with Gasteiger partial charge in [0.25, 0.3) is 5.56 Å². The van der Waals surface area contributed by atoms with Gasteiger partial charge in [0.1, 0.15) is 11.5 Å². The standard InChI is InChI=1S/C22H25N5O4/c1-12-7-9-26-15(10-12)22(19(29)24(3)21(31)25(4)20(22)30)11-14-17(26)23-16-13(2)6-5-8-27(16)18(14)28/h5-6,8,12,15H,7,9-11H2,1-4H3/t12-,15+/m1/s1. The van der Waals surface area contributed by atoms with Gasteiger partial charge in [0.05, 0.1) is 11.6 Å². The molecule has 0 N–H and O–H groups in total. The Morgan fingerprint density at radius 3 is 2.45 bits per heavy atom. The molecule has 0 aliphatic carbocycles. The number of aromatic nitrogens is 2. The Bertz CT molecular complexity index is 1190. The molecule has 2 saturated heterocycles. The third-order valence-corrected chi connectivity index (χ3v) is 7.23. The van der Waals surface area contributed by atoms with Crippen LogP contribution < -0.4 is 10.5 Å². The number of imide groups is 2. The molecular weight excluding hydrogens is 398 g/mol. The van der Waals surface area contributed by atoms with E-state index < -0.39 is 29.3 Å². The number of nitrogens with zero attached hydrogens (tertiary/aromatic N) is 5. The van der Waals surface area contributed by atoms with Crippen LogP contribution >= 0.6 is 0 Å². The summed E-state index contributed by atoms with van der Waals surface area (Å²) in [6.45, 7) is 4.60. The number of piperidine rings is 1. The quantitative estimate of drug-likeness (QED) is 0.591. The lowest BCUT2D eigenvalue weighted by Gasteiger charge is -2.54. The number of carbonyl (C=O) groups is 3. The predicted octanol–water partition coefficient (Wildman–Crippen LogP) is 1.20. The van der Waals surface area contributed by atoms with E-state index >= 15 is 0 Å². The van der Waals surface area contributed by atoms with E-state index in [0.717, 1.165) is 21.8 Å². The van der Waals surface area contributed by atoms with Crippen molar-refractivity contribution in [2.45, 2.75) is 39.2 Å². The van der Waals surface area contributed by atoms with Gasteiger partial charge >= 0.3 is 6.03 Å². The number of hydrogen-bond acceptors (Lipinski definition) is 6. The highest BCUT2D eigenvalue weighted by atomic mass is 16.2. The molecule has 4 amide bonds. The molecule has 162 valence electrons. The molecule has 5 heterocycles. The number of rotatable bonds is 0. The molecule has 31 heavy (non-hydrogen) atoms. The number of anilines is 1. The number of barbiturate groups is 1. The summed E-state index contributed by atoms with van der Waals surface area (Å²) in [5.41, 5.74) is 0.0114. The SMILES string of the molecule is Cc1cccn2c(=O)c3c(nc12)N1CC[C@@H](C)C[C@H]1C1(C3)C(=O)N(C)C(=O)N(C)C1=O. The third kappa shape index (κ3) is 2.40. The number of aryl methyl sites for hydroxylation is 1. The van der Waals surface area contributed by atoms with E-state index in [4.69, 9.17) is 4.98 Å². The Morgan fingerprint density at radius 2 is 1.77 bits per heavy atom. The minimum atomic E-state index is -1.52. The molecule has 0 aromatic carbocycles. The first kappa shape index (κ1) is 19.7. The van der Waals surface area contributed by atoms with Crippen molar-refractivity contribution >= 4 is 29.3 Å². The van der Waals surface area contributed by atoms with Crippen molar-refractivity contribution < 1.29 is 14.4 Å². The average Bonchev–Trinajstić information content (AvgIpc) is 2.76. The van der Waals surface area contributed by atoms with Crippen molar-refractivity contribution in [2.75, 3.05) is 25.5 Å². The lowest BCUT2D eigenvalue weighted by atomic mass is 9.65. The van der Waals surface area contributed by atoms with Crippen LogP contribution in [0.25, 0.3) is 5.65 Å². The smallest absolute Gasteiger partial charge is 0.332 e. The van der Waals surface area contributed by atoms with Gasteiger partial charge in [-0.15, -0.1) is 0 Å². The largest absolute Gasteiger partial charge is 0.352 e. The lowest BCUT2D eigenvalue weighted by molar-refractivity contribution is -0.160. The minimum absolute atomic E-state index is 0.0570. The fourth-order valence-electron chi connectivity index (χ4n) is 5.50. The first-order valence-corrected chi connectivity index (χ1v) is 10.6. The Balaban J connectivity index is 1.81. The molecule has 0 bridgehead atoms. The predicted molar refractivity (Wildman–Crippen MR) is 113 cm³/mol. The molecular formula is C22H25N5O4. The summed E-state index contributed by atoms with van der Waals surface area (Å²) in [5, 5.41) is 0. The molecule has 0 radical (unpaired) electrons. The molecule has 0 unspecified atom stereocenters. The summed E-state index contributed by atoms with van der Waals surface area (Å²) in [6, 6.07) is 2.57. The third-order valence-electron chi connectivity index (χ3n) is 7.23. The number of amides is 4. The molecule has 0 saturated carbocycles. The molecule has 3 aliphatic rings. The van der Waals surface area contributed by atoms with Crippen molar-refractivity contribution in [3.8, 4) is 0 Å². The molecule has 2 atom stereocenters. The summed E-state index contributed by atoms with van der Waals surface area (Å²) in [7, 11) is 2.80. The fraction of sp³-hybridized carbons (Fsp3) is 0.500. The van der Waals surface area contributed by atoms with E-state index in [0.29, 0.717) is 35.9 Å². The van der Waals surface area contributed by atoms with Crippen molar-refractivity contribution in [3.63, 3.8) is 0 Å². The van der Waals surface area contributed by atoms with Gasteiger partial charge in [-0.05, 0) is 37.3 Å². The maximum atomic E-state index is 13.6. The first-order valence-electron chi connectivity index (χ1n) is 10.6. The van der Waals surface area contributed by atoms with Crippen LogP contribution in [0.3, 0.4) is 0 Å². The highest BCUT2D eigenvalue weighted by Gasteiger charge is 2.64. The van der Waals surface area contributed by atoms with Gasteiger partial charge in [0, 0.05) is 33.3 Å². The van der Waals surface area contributed by atoms with E-state index in [9.17, 15) is 19.2 Å². The summed E-state index contributed by atoms with van der Waals surface area (Å²) in [4.78, 5) is 61.9. The second kappa shape index (κ2) is 6.38. The summed E-state index contributed by atoms with van der Waals surface area (Å²) in [6.07, 6.45) is 3.08. The maximum absolute atomic E-state index is 13.6. The van der Waals surface area contributed by atoms with Crippen LogP contribution in [0.1, 0.15) is 30.9 Å². The summed E-state index contributed by atoms with van der Waals surface area (Å²) in [5.74, 6) is -0.213. The highest BCUT2D eigenvalue weighted by molar-refractivity contribution is 6.20. The Morgan fingerprint density at radius 1 is 1.10 bits per heavy atom. The van der Waals surface area contributed by atoms with Gasteiger partial charge in [-0.25, -0.2) is 9.78 Å². The highest BCUT2D eigenvalue weighted by Crippen LogP contribution is 2.48. The topological polar surface area (TPSA) is 95.3 Å². The van der Waals surface area contributed by atoms with Crippen LogP contribution in [0.4, 0.5) is 10.6 Å². The summed E-state index contributed by atoms with van der Waals surface area (Å²) >= 11 is 0. The monoisotopic (exact) mass is 423 g/mol. The number of urea groups is 1. The van der Waals surface area contributed by atoms with Crippen LogP contribution in [-0.4, -0.2) is 63.7 Å². The van der Waals surface area contributed by atoms with Crippen LogP contribution in [-0.2, 0) is 16.0 Å². The van der Waals surface area contributed by atoms with E-state index in [1.165, 1.54) is 18.5 Å². The van der Waals surface area contributed by atoms with Gasteiger partial charge in [0.15, 0.2) is 5.41 Å². The van der Waals surface area contributed by atoms with E-state index in [2.05, 4.69) is 6.92 Å². The zero-order valence-corrected chi connectivity index (χ0v) is 18.1. The van der Waals surface area contributed by atoms with E-state index in [1.54, 1.807) is 12.3 Å². The molecule has 2 fully saturated rings. The van der Waals surface area contributed by atoms with Crippen molar-refractivity contribution in [1.82, 2.24) is 19.2 Å². The fourth-order valence-corrected chi connectivity index (χ4v) is 5.50. The minimum Gasteiger partial charge on any atom is -0.352 e. The Hall–Kier alpha value is -3.23. The van der Waals surface area contributed by atoms with Gasteiger partial charge in [-0.1, -0.05) is 13.0 Å². The van der Waals surface area contributed by atoms with Gasteiger partial charge in [-0.3, -0.25) is 28.6 Å². The normalized spacial score (nSPS) is 25.3. The van der Waals surface area contributed by atoms with Gasteiger partial charge in [0.2, 0.25) is 11.8 Å². The molecule has 9 nitrogen and oxygen atoms in total. The zero-order chi connectivity index (χ0) is 22.2. The van der Waals surface area contributed by atoms with E-state index in [1.807, 2.05) is 17.9 Å². The van der Waals surface area contributed by atoms with E-state index in [-0.39, 0.29) is 12.0 Å². The lowest BCUT2D eigenvalue weighted by Crippen LogP contribution is -2.72. The molecule has 1 spiro atoms. The molecule has 2 aromatic heterocycles. The number of fused-ring (bicyclic) bond motifs is 5. The van der Waals surface area contributed by atoms with Crippen LogP contribution in [0, 0.1) is 18.3 Å². The Kier molecular flexibility index (Phi) is 4.06. The van der Waals surface area contributed by atoms with Crippen molar-refractivity contribution in [2.24, 2.45) is 11.3 Å². The van der Waals surface area contributed by atoms with Crippen LogP contribution in [0.15, 0.2) is 23.1 Å². The summed E-state index contributed by atoms with van der Waals surface area (Å²) < 4.78 is 1.48. The second-order valence-electron chi connectivity index (χ2n) is 9.10. The second-order valence-corrected chi connectivity index (χ2v) is 9.10. The van der Waals surface area contributed by atoms with Crippen LogP contribution in [0.5, 0.6) is 0 Å². The maximum Gasteiger partial charge on any atom is 0.332 e. The molecule has 5 rings (SSSR count). The van der Waals surface area contributed by atoms with Crippen molar-refractivity contribution in [1.29, 1.82) is 0 Å². The average molecular weight is 423 g/mol. The first-order chi connectivity index (χ1) is 14.7. The zero-order valence-electron chi connectivity index (χ0n) is 18.1. The van der Waals surface area contributed by atoms with Crippen molar-refractivity contribution in [3.05, 3.63) is 39.8 Å². The number of carbonyl (C=O) groups excluding carboxylic acids is 3. The van der Waals surface area contributed by atoms with Gasteiger partial charge < -0.3 is 4.90 Å². The molecule has 3 aliphatic heterocycles. The molecule has 9 heteroatoms.